The van der Waals surface area contributed by atoms with Gasteiger partial charge >= 0.3 is 0 Å². The Bertz CT molecular complexity index is 519. The first-order valence-electron chi connectivity index (χ1n) is 6.11. The lowest BCUT2D eigenvalue weighted by atomic mass is 9.90. The van der Waals surface area contributed by atoms with E-state index in [4.69, 9.17) is 4.74 Å². The Hall–Kier alpha value is -1.07. The molecule has 1 saturated heterocycles. The summed E-state index contributed by atoms with van der Waals surface area (Å²) >= 11 is 0. The summed E-state index contributed by atoms with van der Waals surface area (Å²) in [4.78, 5) is 0.361. The van der Waals surface area contributed by atoms with Gasteiger partial charge in [-0.15, -0.1) is 0 Å². The van der Waals surface area contributed by atoms with Gasteiger partial charge in [0.25, 0.3) is 0 Å². The highest BCUT2D eigenvalue weighted by Crippen LogP contribution is 2.35. The molecule has 0 radical (unpaired) electrons. The van der Waals surface area contributed by atoms with Crippen molar-refractivity contribution in [3.8, 4) is 5.75 Å². The van der Waals surface area contributed by atoms with Gasteiger partial charge in [-0.2, -0.15) is 0 Å². The van der Waals surface area contributed by atoms with Crippen LogP contribution in [0.15, 0.2) is 23.1 Å². The molecular weight excluding hydrogens is 250 g/mol. The van der Waals surface area contributed by atoms with Crippen LogP contribution in [0.1, 0.15) is 24.3 Å². The van der Waals surface area contributed by atoms with Crippen LogP contribution < -0.4 is 10.1 Å². The summed E-state index contributed by atoms with van der Waals surface area (Å²) in [5.41, 5.74) is 0.901. The van der Waals surface area contributed by atoms with Crippen LogP contribution in [0.5, 0.6) is 5.75 Å². The number of sulfone groups is 1. The Kier molecular flexibility index (Phi) is 3.92. The molecule has 2 rings (SSSR count). The molecule has 0 amide bonds. The Morgan fingerprint density at radius 2 is 1.94 bits per heavy atom. The van der Waals surface area contributed by atoms with Crippen molar-refractivity contribution in [1.29, 1.82) is 0 Å². The van der Waals surface area contributed by atoms with Gasteiger partial charge in [0.1, 0.15) is 10.6 Å². The smallest absolute Gasteiger partial charge is 0.179 e. The minimum absolute atomic E-state index is 0.297. The second kappa shape index (κ2) is 5.28. The van der Waals surface area contributed by atoms with Gasteiger partial charge < -0.3 is 10.1 Å². The molecule has 1 fully saturated rings. The van der Waals surface area contributed by atoms with Crippen LogP contribution in [0.25, 0.3) is 0 Å². The molecule has 1 aliphatic rings. The molecule has 1 aromatic rings. The zero-order chi connectivity index (χ0) is 13.2. The molecular formula is C13H19NO3S. The average Bonchev–Trinajstić information content (AvgIpc) is 2.38. The maximum atomic E-state index is 12.0. The molecule has 0 bridgehead atoms. The van der Waals surface area contributed by atoms with Gasteiger partial charge in [-0.1, -0.05) is 12.1 Å². The normalized spacial score (nSPS) is 17.7. The highest BCUT2D eigenvalue weighted by atomic mass is 32.2. The van der Waals surface area contributed by atoms with Crippen LogP contribution in [0.3, 0.4) is 0 Å². The van der Waals surface area contributed by atoms with Crippen molar-refractivity contribution in [2.24, 2.45) is 0 Å². The maximum Gasteiger partial charge on any atom is 0.179 e. The first-order valence-corrected chi connectivity index (χ1v) is 8.01. The number of piperidine rings is 1. The van der Waals surface area contributed by atoms with Crippen molar-refractivity contribution in [2.75, 3.05) is 26.5 Å². The van der Waals surface area contributed by atoms with Crippen molar-refractivity contribution >= 4 is 9.84 Å². The van der Waals surface area contributed by atoms with E-state index < -0.39 is 9.84 Å². The third-order valence-electron chi connectivity index (χ3n) is 3.38. The molecule has 0 unspecified atom stereocenters. The number of hydrogen-bond acceptors (Lipinski definition) is 4. The quantitative estimate of drug-likeness (QED) is 0.905. The van der Waals surface area contributed by atoms with E-state index in [0.717, 1.165) is 31.5 Å². The van der Waals surface area contributed by atoms with Gasteiger partial charge in [0.2, 0.25) is 0 Å². The van der Waals surface area contributed by atoms with Crippen molar-refractivity contribution in [3.63, 3.8) is 0 Å². The number of methoxy groups -OCH3 is 1. The largest absolute Gasteiger partial charge is 0.495 e. The zero-order valence-corrected chi connectivity index (χ0v) is 11.6. The summed E-state index contributed by atoms with van der Waals surface area (Å²) in [5.74, 6) is 0.750. The second-order valence-corrected chi connectivity index (χ2v) is 6.63. The lowest BCUT2D eigenvalue weighted by Gasteiger charge is -2.25. The Morgan fingerprint density at radius 1 is 1.28 bits per heavy atom. The fourth-order valence-electron chi connectivity index (χ4n) is 2.54. The first-order chi connectivity index (χ1) is 8.54. The molecule has 18 heavy (non-hydrogen) atoms. The van der Waals surface area contributed by atoms with Crippen molar-refractivity contribution < 1.29 is 13.2 Å². The lowest BCUT2D eigenvalue weighted by Crippen LogP contribution is -2.27. The molecule has 0 spiro atoms. The molecule has 5 heteroatoms. The summed E-state index contributed by atoms with van der Waals surface area (Å²) in [6, 6.07) is 5.49. The van der Waals surface area contributed by atoms with Crippen molar-refractivity contribution in [3.05, 3.63) is 23.8 Å². The highest BCUT2D eigenvalue weighted by molar-refractivity contribution is 7.90. The molecule has 1 aliphatic heterocycles. The van der Waals surface area contributed by atoms with E-state index in [2.05, 4.69) is 5.32 Å². The van der Waals surface area contributed by atoms with Gasteiger partial charge in [0.05, 0.1) is 7.11 Å². The molecule has 0 aromatic heterocycles. The summed E-state index contributed by atoms with van der Waals surface area (Å²) in [6.45, 7) is 1.87. The Balaban J connectivity index is 2.52. The minimum Gasteiger partial charge on any atom is -0.495 e. The zero-order valence-electron chi connectivity index (χ0n) is 10.8. The van der Waals surface area contributed by atoms with E-state index in [9.17, 15) is 8.42 Å². The van der Waals surface area contributed by atoms with Gasteiger partial charge in [-0.05, 0) is 43.5 Å². The first kappa shape index (κ1) is 13.4. The predicted octanol–water partition coefficient (Wildman–Crippen LogP) is 1.57. The summed E-state index contributed by atoms with van der Waals surface area (Å²) < 4.78 is 29.2. The van der Waals surface area contributed by atoms with Crippen LogP contribution in [-0.2, 0) is 9.84 Å². The molecule has 1 N–H and O–H groups in total. The minimum atomic E-state index is -3.27. The molecule has 0 aliphatic carbocycles. The van der Waals surface area contributed by atoms with E-state index in [1.807, 2.05) is 12.1 Å². The van der Waals surface area contributed by atoms with E-state index in [1.54, 1.807) is 6.07 Å². The monoisotopic (exact) mass is 269 g/mol. The fraction of sp³-hybridized carbons (Fsp3) is 0.538. The summed E-state index contributed by atoms with van der Waals surface area (Å²) in [5, 5.41) is 3.29. The number of benzene rings is 1. The Labute approximate surface area is 108 Å². The van der Waals surface area contributed by atoms with Crippen molar-refractivity contribution in [1.82, 2.24) is 5.32 Å². The van der Waals surface area contributed by atoms with Gasteiger partial charge in [-0.25, -0.2) is 8.42 Å². The van der Waals surface area contributed by atoms with E-state index >= 15 is 0 Å². The fourth-order valence-corrected chi connectivity index (χ4v) is 3.72. The van der Waals surface area contributed by atoms with Gasteiger partial charge in [-0.3, -0.25) is 0 Å². The van der Waals surface area contributed by atoms with E-state index in [-0.39, 0.29) is 0 Å². The Morgan fingerprint density at radius 3 is 2.50 bits per heavy atom. The standard InChI is InChI=1S/C13H19NO3S/c1-17-12-5-3-4-11(13(12)18(2,15)16)10-6-8-14-9-7-10/h3-5,10,14H,6-9H2,1-2H3. The third kappa shape index (κ3) is 2.67. The molecule has 1 aromatic carbocycles. The van der Waals surface area contributed by atoms with Crippen molar-refractivity contribution in [2.45, 2.75) is 23.7 Å². The third-order valence-corrected chi connectivity index (χ3v) is 4.56. The molecule has 100 valence electrons. The van der Waals surface area contributed by atoms with Crippen LogP contribution in [-0.4, -0.2) is 34.9 Å². The molecule has 0 saturated carbocycles. The predicted molar refractivity (Wildman–Crippen MR) is 70.9 cm³/mol. The van der Waals surface area contributed by atoms with Gasteiger partial charge in [0.15, 0.2) is 9.84 Å². The van der Waals surface area contributed by atoms with Gasteiger partial charge in [0, 0.05) is 6.26 Å². The molecule has 0 atom stereocenters. The summed E-state index contributed by atoms with van der Waals surface area (Å²) in [6.07, 6.45) is 3.18. The van der Waals surface area contributed by atoms with Crippen LogP contribution in [0, 0.1) is 0 Å². The van der Waals surface area contributed by atoms with Crippen LogP contribution >= 0.6 is 0 Å². The SMILES string of the molecule is COc1cccc(C2CCNCC2)c1S(C)(=O)=O. The highest BCUT2D eigenvalue weighted by Gasteiger charge is 2.25. The molecule has 4 nitrogen and oxygen atoms in total. The average molecular weight is 269 g/mol. The van der Waals surface area contributed by atoms with Crippen LogP contribution in [0.2, 0.25) is 0 Å². The maximum absolute atomic E-state index is 12.0. The second-order valence-electron chi connectivity index (χ2n) is 4.68. The van der Waals surface area contributed by atoms with Crippen LogP contribution in [0.4, 0.5) is 0 Å². The van der Waals surface area contributed by atoms with E-state index in [1.165, 1.54) is 13.4 Å². The number of hydrogen-bond donors (Lipinski definition) is 1. The van der Waals surface area contributed by atoms with E-state index in [0.29, 0.717) is 16.6 Å². The lowest BCUT2D eigenvalue weighted by molar-refractivity contribution is 0.396. The number of ether oxygens (including phenoxy) is 1. The molecule has 1 heterocycles. The number of rotatable bonds is 3. The summed E-state index contributed by atoms with van der Waals surface area (Å²) in [7, 11) is -1.76. The number of nitrogens with one attached hydrogen (secondary N) is 1. The topological polar surface area (TPSA) is 55.4 Å².